The van der Waals surface area contributed by atoms with Gasteiger partial charge in [-0.25, -0.2) is 4.98 Å². The first-order valence-corrected chi connectivity index (χ1v) is 6.63. The van der Waals surface area contributed by atoms with Gasteiger partial charge >= 0.3 is 0 Å². The summed E-state index contributed by atoms with van der Waals surface area (Å²) in [4.78, 5) is 5.94. The SMILES string of the molecule is CN(C)c1ccc(NS(=O)(=O)c2ccn[nH]2)cn1. The van der Waals surface area contributed by atoms with Crippen molar-refractivity contribution in [3.63, 3.8) is 0 Å². The van der Waals surface area contributed by atoms with Gasteiger partial charge in [0.05, 0.1) is 18.1 Å². The molecule has 0 fully saturated rings. The van der Waals surface area contributed by atoms with Gasteiger partial charge in [0.15, 0.2) is 5.03 Å². The fourth-order valence-electron chi connectivity index (χ4n) is 1.31. The third kappa shape index (κ3) is 2.59. The van der Waals surface area contributed by atoms with Crippen molar-refractivity contribution in [2.75, 3.05) is 23.7 Å². The third-order valence-electron chi connectivity index (χ3n) is 2.22. The van der Waals surface area contributed by atoms with Crippen molar-refractivity contribution >= 4 is 21.5 Å². The molecule has 2 aromatic rings. The zero-order valence-electron chi connectivity index (χ0n) is 9.95. The molecule has 0 amide bonds. The van der Waals surface area contributed by atoms with Crippen molar-refractivity contribution in [1.82, 2.24) is 15.2 Å². The maximum Gasteiger partial charge on any atom is 0.278 e. The number of rotatable bonds is 4. The van der Waals surface area contributed by atoms with E-state index in [2.05, 4.69) is 19.9 Å². The van der Waals surface area contributed by atoms with E-state index in [1.807, 2.05) is 19.0 Å². The van der Waals surface area contributed by atoms with Crippen molar-refractivity contribution < 1.29 is 8.42 Å². The molecule has 0 spiro atoms. The van der Waals surface area contributed by atoms with Crippen LogP contribution in [0, 0.1) is 0 Å². The number of hydrogen-bond acceptors (Lipinski definition) is 5. The smallest absolute Gasteiger partial charge is 0.278 e. The monoisotopic (exact) mass is 267 g/mol. The van der Waals surface area contributed by atoms with Crippen LogP contribution in [0.15, 0.2) is 35.6 Å². The van der Waals surface area contributed by atoms with E-state index in [9.17, 15) is 8.42 Å². The first kappa shape index (κ1) is 12.4. The number of aromatic nitrogens is 3. The number of anilines is 2. The lowest BCUT2D eigenvalue weighted by atomic mass is 10.4. The molecule has 0 radical (unpaired) electrons. The zero-order valence-corrected chi connectivity index (χ0v) is 10.8. The summed E-state index contributed by atoms with van der Waals surface area (Å²) in [5.74, 6) is 0.750. The molecule has 0 aliphatic heterocycles. The molecule has 0 aliphatic carbocycles. The minimum Gasteiger partial charge on any atom is -0.363 e. The Morgan fingerprint density at radius 3 is 2.56 bits per heavy atom. The van der Waals surface area contributed by atoms with Gasteiger partial charge in [0.25, 0.3) is 10.0 Å². The normalized spacial score (nSPS) is 11.2. The molecule has 8 heteroatoms. The first-order chi connectivity index (χ1) is 8.49. The Labute approximate surface area is 105 Å². The second kappa shape index (κ2) is 4.65. The van der Waals surface area contributed by atoms with Gasteiger partial charge < -0.3 is 4.90 Å². The van der Waals surface area contributed by atoms with Gasteiger partial charge in [0.2, 0.25) is 0 Å². The fraction of sp³-hybridized carbons (Fsp3) is 0.200. The highest BCUT2D eigenvalue weighted by molar-refractivity contribution is 7.92. The highest BCUT2D eigenvalue weighted by atomic mass is 32.2. The standard InChI is InChI=1S/C10H13N5O2S/c1-15(2)9-4-3-8(7-11-9)14-18(16,17)10-5-6-12-13-10/h3-7,14H,1-2H3,(H,12,13). The number of H-pyrrole nitrogens is 1. The van der Waals surface area contributed by atoms with Gasteiger partial charge in [0.1, 0.15) is 5.82 Å². The summed E-state index contributed by atoms with van der Waals surface area (Å²) in [7, 11) is 0.0911. The Kier molecular flexibility index (Phi) is 3.19. The van der Waals surface area contributed by atoms with Crippen LogP contribution in [0.3, 0.4) is 0 Å². The third-order valence-corrected chi connectivity index (χ3v) is 3.53. The van der Waals surface area contributed by atoms with Crippen LogP contribution in [0.2, 0.25) is 0 Å². The molecule has 0 bridgehead atoms. The lowest BCUT2D eigenvalue weighted by Gasteiger charge is -2.11. The number of aromatic amines is 1. The lowest BCUT2D eigenvalue weighted by molar-refractivity contribution is 0.597. The molecule has 2 aromatic heterocycles. The first-order valence-electron chi connectivity index (χ1n) is 5.14. The van der Waals surface area contributed by atoms with Gasteiger partial charge in [-0.2, -0.15) is 13.5 Å². The Balaban J connectivity index is 2.20. The number of nitrogens with one attached hydrogen (secondary N) is 2. The Morgan fingerprint density at radius 2 is 2.06 bits per heavy atom. The van der Waals surface area contributed by atoms with Crippen LogP contribution in [-0.2, 0) is 10.0 Å². The van der Waals surface area contributed by atoms with E-state index < -0.39 is 10.0 Å². The molecular formula is C10H13N5O2S. The number of hydrogen-bond donors (Lipinski definition) is 2. The van der Waals surface area contributed by atoms with E-state index >= 15 is 0 Å². The Morgan fingerprint density at radius 1 is 1.28 bits per heavy atom. The van der Waals surface area contributed by atoms with Gasteiger partial charge in [-0.1, -0.05) is 0 Å². The van der Waals surface area contributed by atoms with E-state index in [-0.39, 0.29) is 5.03 Å². The van der Waals surface area contributed by atoms with Crippen molar-refractivity contribution in [2.24, 2.45) is 0 Å². The van der Waals surface area contributed by atoms with Crippen molar-refractivity contribution in [3.8, 4) is 0 Å². The predicted octanol–water partition coefficient (Wildman–Crippen LogP) is 0.671. The minimum absolute atomic E-state index is 0.0131. The molecule has 0 aliphatic rings. The number of sulfonamides is 1. The second-order valence-electron chi connectivity index (χ2n) is 3.83. The topological polar surface area (TPSA) is 91.0 Å². The molecule has 0 atom stereocenters. The highest BCUT2D eigenvalue weighted by Gasteiger charge is 2.15. The van der Waals surface area contributed by atoms with Crippen LogP contribution in [0.5, 0.6) is 0 Å². The molecule has 2 rings (SSSR count). The summed E-state index contributed by atoms with van der Waals surface area (Å²) in [6.07, 6.45) is 2.84. The summed E-state index contributed by atoms with van der Waals surface area (Å²) in [5.41, 5.74) is 0.398. The van der Waals surface area contributed by atoms with E-state index in [1.54, 1.807) is 12.1 Å². The van der Waals surface area contributed by atoms with E-state index in [0.717, 1.165) is 5.82 Å². The van der Waals surface area contributed by atoms with Crippen LogP contribution in [-0.4, -0.2) is 37.7 Å². The predicted molar refractivity (Wildman–Crippen MR) is 68.0 cm³/mol. The van der Waals surface area contributed by atoms with Crippen LogP contribution in [0.25, 0.3) is 0 Å². The van der Waals surface area contributed by atoms with Crippen LogP contribution < -0.4 is 9.62 Å². The molecule has 0 saturated carbocycles. The molecule has 0 aromatic carbocycles. The van der Waals surface area contributed by atoms with Gasteiger partial charge in [-0.3, -0.25) is 9.82 Å². The summed E-state index contributed by atoms with van der Waals surface area (Å²) in [6, 6.07) is 4.75. The number of nitrogens with zero attached hydrogens (tertiary/aromatic N) is 3. The molecular weight excluding hydrogens is 254 g/mol. The molecule has 0 unspecified atom stereocenters. The average Bonchev–Trinajstić information content (AvgIpc) is 2.83. The average molecular weight is 267 g/mol. The van der Waals surface area contributed by atoms with Crippen molar-refractivity contribution in [2.45, 2.75) is 5.03 Å². The summed E-state index contributed by atoms with van der Waals surface area (Å²) >= 11 is 0. The largest absolute Gasteiger partial charge is 0.363 e. The van der Waals surface area contributed by atoms with Crippen molar-refractivity contribution in [1.29, 1.82) is 0 Å². The summed E-state index contributed by atoms with van der Waals surface area (Å²) in [6.45, 7) is 0. The van der Waals surface area contributed by atoms with E-state index in [4.69, 9.17) is 0 Å². The fourth-order valence-corrected chi connectivity index (χ4v) is 2.27. The van der Waals surface area contributed by atoms with Gasteiger partial charge in [-0.15, -0.1) is 0 Å². The van der Waals surface area contributed by atoms with Crippen LogP contribution in [0.4, 0.5) is 11.5 Å². The van der Waals surface area contributed by atoms with Gasteiger partial charge in [-0.05, 0) is 18.2 Å². The maximum atomic E-state index is 11.9. The lowest BCUT2D eigenvalue weighted by Crippen LogP contribution is -2.14. The minimum atomic E-state index is -3.62. The second-order valence-corrected chi connectivity index (χ2v) is 5.48. The van der Waals surface area contributed by atoms with E-state index in [1.165, 1.54) is 18.5 Å². The Hall–Kier alpha value is -2.09. The quantitative estimate of drug-likeness (QED) is 0.849. The zero-order chi connectivity index (χ0) is 13.2. The van der Waals surface area contributed by atoms with Crippen LogP contribution >= 0.6 is 0 Å². The molecule has 7 nitrogen and oxygen atoms in total. The van der Waals surface area contributed by atoms with E-state index in [0.29, 0.717) is 5.69 Å². The highest BCUT2D eigenvalue weighted by Crippen LogP contribution is 2.15. The molecule has 2 N–H and O–H groups in total. The van der Waals surface area contributed by atoms with Crippen LogP contribution in [0.1, 0.15) is 0 Å². The van der Waals surface area contributed by atoms with Crippen molar-refractivity contribution in [3.05, 3.63) is 30.6 Å². The maximum absolute atomic E-state index is 11.9. The number of pyridine rings is 1. The Bertz CT molecular complexity index is 604. The molecule has 18 heavy (non-hydrogen) atoms. The molecule has 0 saturated heterocycles. The summed E-state index contributed by atoms with van der Waals surface area (Å²) < 4.78 is 26.1. The molecule has 2 heterocycles. The molecule has 96 valence electrons. The van der Waals surface area contributed by atoms with Gasteiger partial charge in [0, 0.05) is 14.1 Å². The summed E-state index contributed by atoms with van der Waals surface area (Å²) in [5, 5.41) is 6.01.